The van der Waals surface area contributed by atoms with E-state index in [1.54, 1.807) is 0 Å². The lowest BCUT2D eigenvalue weighted by Crippen LogP contribution is -2.54. The Hall–Kier alpha value is -0.603. The highest BCUT2D eigenvalue weighted by molar-refractivity contribution is 6.78. The van der Waals surface area contributed by atoms with Crippen LogP contribution in [0, 0.1) is 0 Å². The van der Waals surface area contributed by atoms with Gasteiger partial charge in [0.15, 0.2) is 0 Å². The minimum Gasteiger partial charge on any atom is -0.323 e. The van der Waals surface area contributed by atoms with Crippen LogP contribution in [0.3, 0.4) is 0 Å². The van der Waals surface area contributed by atoms with Crippen LogP contribution in [-0.2, 0) is 0 Å². The normalized spacial score (nSPS) is 18.0. The van der Waals surface area contributed by atoms with Crippen LogP contribution in [-0.4, -0.2) is 25.9 Å². The topological polar surface area (TPSA) is 3.24 Å². The fourth-order valence-corrected chi connectivity index (χ4v) is 6.96. The zero-order chi connectivity index (χ0) is 11.9. The summed E-state index contributed by atoms with van der Waals surface area (Å²) in [6, 6.07) is 3.52. The Morgan fingerprint density at radius 1 is 0.812 bits per heavy atom. The molecule has 0 bridgehead atoms. The molecule has 0 atom stereocenters. The summed E-state index contributed by atoms with van der Waals surface area (Å²) in [5, 5.41) is 0. The molecule has 0 aromatic rings. The van der Waals surface area contributed by atoms with Crippen molar-refractivity contribution < 1.29 is 0 Å². The van der Waals surface area contributed by atoms with E-state index in [-0.39, 0.29) is 0 Å². The predicted octanol–water partition coefficient (Wildman–Crippen LogP) is 3.98. The Kier molecular flexibility index (Phi) is 5.78. The molecule has 90 valence electrons. The average Bonchev–Trinajstić information content (AvgIpc) is 2.31. The van der Waals surface area contributed by atoms with Crippen LogP contribution in [0.25, 0.3) is 0 Å². The van der Waals surface area contributed by atoms with Crippen molar-refractivity contribution in [3.63, 3.8) is 0 Å². The van der Waals surface area contributed by atoms with Crippen LogP contribution in [0.1, 0.15) is 19.3 Å². The number of nitrogens with zero attached hydrogens (tertiary/aromatic N) is 1. The second-order valence-electron chi connectivity index (χ2n) is 4.75. The van der Waals surface area contributed by atoms with Crippen LogP contribution >= 0.6 is 0 Å². The van der Waals surface area contributed by atoms with E-state index in [9.17, 15) is 0 Å². The first kappa shape index (κ1) is 13.5. The molecule has 0 aromatic carbocycles. The largest absolute Gasteiger partial charge is 0.323 e. The highest BCUT2D eigenvalue weighted by Gasteiger charge is 2.36. The molecule has 1 rings (SSSR count). The van der Waals surface area contributed by atoms with Crippen molar-refractivity contribution in [2.24, 2.45) is 0 Å². The van der Waals surface area contributed by atoms with Crippen LogP contribution in [0.2, 0.25) is 18.1 Å². The molecule has 2 heteroatoms. The Morgan fingerprint density at radius 3 is 1.62 bits per heavy atom. The van der Waals surface area contributed by atoms with Crippen molar-refractivity contribution in [2.75, 3.05) is 13.1 Å². The van der Waals surface area contributed by atoms with Gasteiger partial charge in [-0.3, -0.25) is 0 Å². The van der Waals surface area contributed by atoms with E-state index in [0.717, 1.165) is 0 Å². The van der Waals surface area contributed by atoms with Gasteiger partial charge in [0.2, 0.25) is 0 Å². The van der Waals surface area contributed by atoms with Crippen molar-refractivity contribution in [2.45, 2.75) is 37.4 Å². The van der Waals surface area contributed by atoms with Gasteiger partial charge in [0.05, 0.1) is 0 Å². The smallest absolute Gasteiger partial charge is 0.139 e. The molecule has 1 saturated heterocycles. The van der Waals surface area contributed by atoms with E-state index in [4.69, 9.17) is 0 Å². The molecule has 1 fully saturated rings. The molecule has 1 aliphatic heterocycles. The molecule has 0 aliphatic carbocycles. The SMILES string of the molecule is C=CC[Si](CC=C)(CC=C)N1CCCCC1. The first-order chi connectivity index (χ1) is 7.79. The number of hydrogen-bond donors (Lipinski definition) is 0. The maximum atomic E-state index is 3.94. The second kappa shape index (κ2) is 6.87. The summed E-state index contributed by atoms with van der Waals surface area (Å²) in [5.74, 6) is 0. The van der Waals surface area contributed by atoms with Gasteiger partial charge < -0.3 is 4.57 Å². The lowest BCUT2D eigenvalue weighted by atomic mass is 10.2. The van der Waals surface area contributed by atoms with Gasteiger partial charge in [-0.2, -0.15) is 0 Å². The van der Waals surface area contributed by atoms with Crippen molar-refractivity contribution in [1.82, 2.24) is 4.57 Å². The molecular formula is C14H25NSi. The van der Waals surface area contributed by atoms with E-state index in [0.29, 0.717) is 0 Å². The Labute approximate surface area is 102 Å². The maximum Gasteiger partial charge on any atom is 0.139 e. The summed E-state index contributed by atoms with van der Waals surface area (Å²) in [6.07, 6.45) is 10.4. The number of piperidine rings is 1. The minimum absolute atomic E-state index is 1.17. The van der Waals surface area contributed by atoms with Gasteiger partial charge >= 0.3 is 0 Å². The van der Waals surface area contributed by atoms with Gasteiger partial charge in [0.25, 0.3) is 0 Å². The molecule has 1 nitrogen and oxygen atoms in total. The van der Waals surface area contributed by atoms with Crippen molar-refractivity contribution in [3.05, 3.63) is 38.0 Å². The van der Waals surface area contributed by atoms with Crippen LogP contribution in [0.5, 0.6) is 0 Å². The van der Waals surface area contributed by atoms with Gasteiger partial charge in [0.1, 0.15) is 8.24 Å². The number of rotatable bonds is 7. The third-order valence-corrected chi connectivity index (χ3v) is 8.53. The molecule has 0 N–H and O–H groups in total. The minimum atomic E-state index is -1.42. The highest BCUT2D eigenvalue weighted by atomic mass is 28.3. The molecule has 1 heterocycles. The zero-order valence-electron chi connectivity index (χ0n) is 10.5. The summed E-state index contributed by atoms with van der Waals surface area (Å²) in [4.78, 5) is 0. The molecule has 16 heavy (non-hydrogen) atoms. The number of allylic oxidation sites excluding steroid dienone is 3. The van der Waals surface area contributed by atoms with E-state index in [1.165, 1.54) is 50.5 Å². The summed E-state index contributed by atoms with van der Waals surface area (Å²) >= 11 is 0. The molecule has 0 radical (unpaired) electrons. The molecule has 1 aliphatic rings. The fraction of sp³-hybridized carbons (Fsp3) is 0.571. The Morgan fingerprint density at radius 2 is 1.25 bits per heavy atom. The molecule has 0 amide bonds. The van der Waals surface area contributed by atoms with Crippen LogP contribution in [0.4, 0.5) is 0 Å². The lowest BCUT2D eigenvalue weighted by Gasteiger charge is -2.43. The number of hydrogen-bond acceptors (Lipinski definition) is 1. The first-order valence-corrected chi connectivity index (χ1v) is 8.93. The van der Waals surface area contributed by atoms with Crippen LogP contribution in [0.15, 0.2) is 38.0 Å². The molecule has 0 aromatic heterocycles. The third-order valence-electron chi connectivity index (χ3n) is 3.60. The molecule has 0 spiro atoms. The first-order valence-electron chi connectivity index (χ1n) is 6.37. The summed E-state index contributed by atoms with van der Waals surface area (Å²) in [7, 11) is -1.42. The molecular weight excluding hydrogens is 210 g/mol. The third kappa shape index (κ3) is 3.19. The van der Waals surface area contributed by atoms with Crippen LogP contribution < -0.4 is 0 Å². The van der Waals surface area contributed by atoms with E-state index >= 15 is 0 Å². The summed E-state index contributed by atoms with van der Waals surface area (Å²) in [5.41, 5.74) is 0. The van der Waals surface area contributed by atoms with Crippen molar-refractivity contribution in [3.8, 4) is 0 Å². The highest BCUT2D eigenvalue weighted by Crippen LogP contribution is 2.29. The molecule has 0 unspecified atom stereocenters. The van der Waals surface area contributed by atoms with Gasteiger partial charge in [-0.1, -0.05) is 24.6 Å². The Bertz CT molecular complexity index is 215. The summed E-state index contributed by atoms with van der Waals surface area (Å²) < 4.78 is 2.77. The fourth-order valence-electron chi connectivity index (χ4n) is 2.81. The van der Waals surface area contributed by atoms with Gasteiger partial charge in [-0.15, -0.1) is 19.7 Å². The second-order valence-corrected chi connectivity index (χ2v) is 9.06. The summed E-state index contributed by atoms with van der Waals surface area (Å²) in [6.45, 7) is 14.4. The predicted molar refractivity (Wildman–Crippen MR) is 76.2 cm³/mol. The van der Waals surface area contributed by atoms with Gasteiger partial charge in [-0.05, 0) is 44.1 Å². The van der Waals surface area contributed by atoms with Gasteiger partial charge in [-0.25, -0.2) is 0 Å². The van der Waals surface area contributed by atoms with E-state index in [2.05, 4.69) is 42.5 Å². The zero-order valence-corrected chi connectivity index (χ0v) is 11.5. The molecule has 0 saturated carbocycles. The monoisotopic (exact) mass is 235 g/mol. The maximum absolute atomic E-state index is 3.94. The van der Waals surface area contributed by atoms with E-state index in [1.807, 2.05) is 0 Å². The van der Waals surface area contributed by atoms with Gasteiger partial charge in [0, 0.05) is 0 Å². The van der Waals surface area contributed by atoms with Crippen molar-refractivity contribution in [1.29, 1.82) is 0 Å². The average molecular weight is 235 g/mol. The van der Waals surface area contributed by atoms with E-state index < -0.39 is 8.24 Å². The standard InChI is InChI=1S/C14H25NSi/c1-4-12-16(13-5-2,14-6-3)15-10-8-7-9-11-15/h4-6H,1-3,7-14H2. The Balaban J connectivity index is 2.82. The lowest BCUT2D eigenvalue weighted by molar-refractivity contribution is 0.341. The van der Waals surface area contributed by atoms with Crippen molar-refractivity contribution >= 4 is 8.24 Å². The quantitative estimate of drug-likeness (QED) is 0.476.